The van der Waals surface area contributed by atoms with Gasteiger partial charge in [0.1, 0.15) is 17.1 Å². The van der Waals surface area contributed by atoms with Gasteiger partial charge in [-0.3, -0.25) is 4.79 Å². The number of anilines is 2. The van der Waals surface area contributed by atoms with Crippen molar-refractivity contribution in [2.45, 2.75) is 26.2 Å². The van der Waals surface area contributed by atoms with Crippen molar-refractivity contribution < 1.29 is 14.3 Å². The van der Waals surface area contributed by atoms with Gasteiger partial charge < -0.3 is 15.0 Å². The van der Waals surface area contributed by atoms with E-state index < -0.39 is 5.97 Å². The van der Waals surface area contributed by atoms with E-state index in [1.54, 1.807) is 42.6 Å². The lowest BCUT2D eigenvalue weighted by Gasteiger charge is -2.28. The number of carbonyl (C=O) groups excluding carboxylic acids is 2. The minimum Gasteiger partial charge on any atom is -0.423 e. The second-order valence-electron chi connectivity index (χ2n) is 6.02. The molecule has 1 N–H and O–H groups in total. The van der Waals surface area contributed by atoms with Gasteiger partial charge in [-0.15, -0.1) is 0 Å². The highest BCUT2D eigenvalue weighted by molar-refractivity contribution is 5.96. The molecule has 1 aromatic heterocycles. The van der Waals surface area contributed by atoms with Gasteiger partial charge in [0.05, 0.1) is 0 Å². The molecule has 1 aliphatic rings. The maximum Gasteiger partial charge on any atom is 0.347 e. The number of rotatable bonds is 4. The Kier molecular flexibility index (Phi) is 5.28. The summed E-state index contributed by atoms with van der Waals surface area (Å²) >= 11 is 0. The number of carbonyl (C=O) groups is 2. The molecule has 2 heterocycles. The average molecular weight is 339 g/mol. The van der Waals surface area contributed by atoms with Gasteiger partial charge in [0.2, 0.25) is 5.91 Å². The van der Waals surface area contributed by atoms with Gasteiger partial charge in [-0.05, 0) is 55.7 Å². The van der Waals surface area contributed by atoms with E-state index in [0.29, 0.717) is 22.8 Å². The molecule has 1 amide bonds. The molecule has 1 aromatic carbocycles. The Bertz CT molecular complexity index is 753. The number of piperidine rings is 1. The van der Waals surface area contributed by atoms with E-state index in [0.717, 1.165) is 25.9 Å². The standard InChI is InChI=1S/C19H21N3O3/c1-14(23)21-15-7-9-16(10-8-15)25-19(24)17-6-5-11-20-18(17)22-12-3-2-4-13-22/h5-11H,2-4,12-13H2,1H3,(H,21,23). The molecule has 3 rings (SSSR count). The summed E-state index contributed by atoms with van der Waals surface area (Å²) in [7, 11) is 0. The molecule has 2 aromatic rings. The van der Waals surface area contributed by atoms with Crippen LogP contribution in [0.4, 0.5) is 11.5 Å². The van der Waals surface area contributed by atoms with Crippen LogP contribution in [0.25, 0.3) is 0 Å². The van der Waals surface area contributed by atoms with Crippen LogP contribution in [-0.2, 0) is 4.79 Å². The van der Waals surface area contributed by atoms with Crippen LogP contribution in [0.2, 0.25) is 0 Å². The first-order valence-corrected chi connectivity index (χ1v) is 8.43. The van der Waals surface area contributed by atoms with Crippen LogP contribution >= 0.6 is 0 Å². The monoisotopic (exact) mass is 339 g/mol. The summed E-state index contributed by atoms with van der Waals surface area (Å²) in [6, 6.07) is 10.2. The minimum atomic E-state index is -0.430. The van der Waals surface area contributed by atoms with Gasteiger partial charge >= 0.3 is 5.97 Å². The predicted octanol–water partition coefficient (Wildman–Crippen LogP) is 3.25. The van der Waals surface area contributed by atoms with Crippen LogP contribution in [0, 0.1) is 0 Å². The van der Waals surface area contributed by atoms with Gasteiger partial charge in [0.15, 0.2) is 0 Å². The summed E-state index contributed by atoms with van der Waals surface area (Å²) in [6.45, 7) is 3.25. The second-order valence-corrected chi connectivity index (χ2v) is 6.02. The fourth-order valence-electron chi connectivity index (χ4n) is 2.89. The summed E-state index contributed by atoms with van der Waals surface area (Å²) < 4.78 is 5.47. The maximum absolute atomic E-state index is 12.6. The minimum absolute atomic E-state index is 0.147. The molecule has 0 unspecified atom stereocenters. The van der Waals surface area contributed by atoms with E-state index in [2.05, 4.69) is 15.2 Å². The zero-order valence-corrected chi connectivity index (χ0v) is 14.2. The third-order valence-electron chi connectivity index (χ3n) is 4.05. The number of esters is 1. The molecule has 25 heavy (non-hydrogen) atoms. The molecule has 0 radical (unpaired) electrons. The molecule has 0 saturated carbocycles. The third kappa shape index (κ3) is 4.35. The number of ether oxygens (including phenoxy) is 1. The van der Waals surface area contributed by atoms with Gasteiger partial charge in [-0.2, -0.15) is 0 Å². The number of amides is 1. The number of pyridine rings is 1. The van der Waals surface area contributed by atoms with Crippen LogP contribution in [-0.4, -0.2) is 29.9 Å². The Labute approximate surface area is 146 Å². The van der Waals surface area contributed by atoms with Gasteiger partial charge in [0.25, 0.3) is 0 Å². The van der Waals surface area contributed by atoms with Crippen molar-refractivity contribution in [1.82, 2.24) is 4.98 Å². The molecule has 0 bridgehead atoms. The normalized spacial score (nSPS) is 14.0. The predicted molar refractivity (Wildman–Crippen MR) is 96.0 cm³/mol. The quantitative estimate of drug-likeness (QED) is 0.684. The highest BCUT2D eigenvalue weighted by atomic mass is 16.5. The summed E-state index contributed by atoms with van der Waals surface area (Å²) in [5.74, 6) is 0.529. The zero-order valence-electron chi connectivity index (χ0n) is 14.2. The first-order valence-electron chi connectivity index (χ1n) is 8.43. The number of hydrogen-bond donors (Lipinski definition) is 1. The molecule has 6 nitrogen and oxygen atoms in total. The van der Waals surface area contributed by atoms with E-state index >= 15 is 0 Å². The van der Waals surface area contributed by atoms with E-state index in [1.807, 2.05) is 0 Å². The lowest BCUT2D eigenvalue weighted by molar-refractivity contribution is -0.114. The highest BCUT2D eigenvalue weighted by Gasteiger charge is 2.21. The van der Waals surface area contributed by atoms with Crippen molar-refractivity contribution >= 4 is 23.4 Å². The fourth-order valence-corrected chi connectivity index (χ4v) is 2.89. The Morgan fingerprint density at radius 2 is 1.80 bits per heavy atom. The van der Waals surface area contributed by atoms with E-state index in [-0.39, 0.29) is 5.91 Å². The number of nitrogens with one attached hydrogen (secondary N) is 1. The van der Waals surface area contributed by atoms with Gasteiger partial charge in [0, 0.05) is 31.9 Å². The second kappa shape index (κ2) is 7.79. The molecule has 1 fully saturated rings. The van der Waals surface area contributed by atoms with Crippen LogP contribution in [0.1, 0.15) is 36.5 Å². The average Bonchev–Trinajstić information content (AvgIpc) is 2.63. The molecular weight excluding hydrogens is 318 g/mol. The summed E-state index contributed by atoms with van der Waals surface area (Å²) in [5.41, 5.74) is 1.12. The SMILES string of the molecule is CC(=O)Nc1ccc(OC(=O)c2cccnc2N2CCCCC2)cc1. The maximum atomic E-state index is 12.6. The van der Waals surface area contributed by atoms with Crippen LogP contribution < -0.4 is 15.0 Å². The molecule has 130 valence electrons. The lowest BCUT2D eigenvalue weighted by Crippen LogP contribution is -2.32. The Morgan fingerprint density at radius 1 is 1.08 bits per heavy atom. The molecular formula is C19H21N3O3. The number of hydrogen-bond acceptors (Lipinski definition) is 5. The summed E-state index contributed by atoms with van der Waals surface area (Å²) in [5, 5.41) is 2.67. The largest absolute Gasteiger partial charge is 0.423 e. The van der Waals surface area contributed by atoms with Crippen molar-refractivity contribution in [2.75, 3.05) is 23.3 Å². The zero-order chi connectivity index (χ0) is 17.6. The van der Waals surface area contributed by atoms with Crippen LogP contribution in [0.5, 0.6) is 5.75 Å². The number of nitrogens with zero attached hydrogens (tertiary/aromatic N) is 2. The van der Waals surface area contributed by atoms with Crippen molar-refractivity contribution in [3.05, 3.63) is 48.2 Å². The molecule has 6 heteroatoms. The number of benzene rings is 1. The summed E-state index contributed by atoms with van der Waals surface area (Å²) in [4.78, 5) is 30.2. The summed E-state index contributed by atoms with van der Waals surface area (Å²) in [6.07, 6.45) is 5.12. The molecule has 0 spiro atoms. The fraction of sp³-hybridized carbons (Fsp3) is 0.316. The smallest absolute Gasteiger partial charge is 0.347 e. The van der Waals surface area contributed by atoms with Crippen LogP contribution in [0.3, 0.4) is 0 Å². The van der Waals surface area contributed by atoms with E-state index in [4.69, 9.17) is 4.74 Å². The Morgan fingerprint density at radius 3 is 2.48 bits per heavy atom. The molecule has 0 aliphatic carbocycles. The lowest BCUT2D eigenvalue weighted by atomic mass is 10.1. The van der Waals surface area contributed by atoms with E-state index in [1.165, 1.54) is 13.3 Å². The first kappa shape index (κ1) is 17.0. The molecule has 0 atom stereocenters. The third-order valence-corrected chi connectivity index (χ3v) is 4.05. The van der Waals surface area contributed by atoms with Crippen molar-refractivity contribution in [3.8, 4) is 5.75 Å². The highest BCUT2D eigenvalue weighted by Crippen LogP contribution is 2.24. The topological polar surface area (TPSA) is 71.5 Å². The van der Waals surface area contributed by atoms with Crippen molar-refractivity contribution in [2.24, 2.45) is 0 Å². The Balaban J connectivity index is 1.74. The molecule has 1 aliphatic heterocycles. The van der Waals surface area contributed by atoms with Crippen molar-refractivity contribution in [3.63, 3.8) is 0 Å². The Hall–Kier alpha value is -2.89. The first-order chi connectivity index (χ1) is 12.1. The molecule has 1 saturated heterocycles. The van der Waals surface area contributed by atoms with E-state index in [9.17, 15) is 9.59 Å². The van der Waals surface area contributed by atoms with Crippen molar-refractivity contribution in [1.29, 1.82) is 0 Å². The van der Waals surface area contributed by atoms with Crippen LogP contribution in [0.15, 0.2) is 42.6 Å². The van der Waals surface area contributed by atoms with Gasteiger partial charge in [-0.25, -0.2) is 9.78 Å². The van der Waals surface area contributed by atoms with Gasteiger partial charge in [-0.1, -0.05) is 0 Å². The number of aromatic nitrogens is 1.